The molecule has 1 aromatic carbocycles. The van der Waals surface area contributed by atoms with Gasteiger partial charge in [0.15, 0.2) is 6.10 Å². The summed E-state index contributed by atoms with van der Waals surface area (Å²) in [5.74, 6) is 1.53. The molecule has 2 rings (SSSR count). The third kappa shape index (κ3) is 4.65. The van der Waals surface area contributed by atoms with Crippen LogP contribution in [0, 0.1) is 5.92 Å². The van der Waals surface area contributed by atoms with Gasteiger partial charge in [-0.05, 0) is 69.8 Å². The highest BCUT2D eigenvalue weighted by Crippen LogP contribution is 2.21. The number of hydrogen-bond acceptors (Lipinski definition) is 4. The summed E-state index contributed by atoms with van der Waals surface area (Å²) in [6.45, 7) is 4.55. The number of likely N-dealkylation sites (tertiary alicyclic amines) is 1. The van der Waals surface area contributed by atoms with Crippen LogP contribution in [0.3, 0.4) is 0 Å². The van der Waals surface area contributed by atoms with Crippen LogP contribution in [0.4, 0.5) is 0 Å². The Labute approximate surface area is 137 Å². The summed E-state index contributed by atoms with van der Waals surface area (Å²) in [5, 5.41) is 3.22. The molecule has 1 saturated heterocycles. The normalized spacial score (nSPS) is 17.3. The fourth-order valence-electron chi connectivity index (χ4n) is 2.81. The second kappa shape index (κ2) is 8.44. The van der Waals surface area contributed by atoms with E-state index in [4.69, 9.17) is 4.74 Å². The number of ether oxygens (including phenoxy) is 1. The fourth-order valence-corrected chi connectivity index (χ4v) is 3.22. The van der Waals surface area contributed by atoms with Crippen LogP contribution in [0.2, 0.25) is 0 Å². The number of nitrogens with one attached hydrogen (secondary N) is 1. The van der Waals surface area contributed by atoms with Crippen LogP contribution < -0.4 is 10.1 Å². The van der Waals surface area contributed by atoms with E-state index in [1.165, 1.54) is 4.90 Å². The molecule has 0 bridgehead atoms. The molecule has 1 N–H and O–H groups in total. The Morgan fingerprint density at radius 2 is 2.00 bits per heavy atom. The highest BCUT2D eigenvalue weighted by Gasteiger charge is 2.26. The number of carbonyl (C=O) groups is 1. The van der Waals surface area contributed by atoms with Crippen LogP contribution >= 0.6 is 11.8 Å². The second-order valence-corrected chi connectivity index (χ2v) is 6.64. The zero-order valence-corrected chi connectivity index (χ0v) is 14.5. The van der Waals surface area contributed by atoms with Crippen molar-refractivity contribution in [1.29, 1.82) is 0 Å². The number of amides is 1. The number of nitrogens with zero attached hydrogens (tertiary/aromatic N) is 1. The molecule has 1 aliphatic rings. The van der Waals surface area contributed by atoms with E-state index in [9.17, 15) is 4.79 Å². The van der Waals surface area contributed by atoms with Crippen molar-refractivity contribution in [2.24, 2.45) is 5.92 Å². The number of piperidine rings is 1. The SMILES string of the molecule is CNCC1CCN(C(=O)C(C)Oc2ccc(SC)cc2)CC1. The van der Waals surface area contributed by atoms with Crippen molar-refractivity contribution in [3.63, 3.8) is 0 Å². The lowest BCUT2D eigenvalue weighted by atomic mass is 9.96. The summed E-state index contributed by atoms with van der Waals surface area (Å²) < 4.78 is 5.79. The van der Waals surface area contributed by atoms with E-state index in [-0.39, 0.29) is 5.91 Å². The van der Waals surface area contributed by atoms with Crippen molar-refractivity contribution in [2.45, 2.75) is 30.8 Å². The van der Waals surface area contributed by atoms with Gasteiger partial charge in [0.1, 0.15) is 5.75 Å². The summed E-state index contributed by atoms with van der Waals surface area (Å²) in [7, 11) is 1.98. The number of carbonyl (C=O) groups excluding carboxylic acids is 1. The van der Waals surface area contributed by atoms with Crippen LogP contribution in [-0.4, -0.2) is 49.8 Å². The number of benzene rings is 1. The van der Waals surface area contributed by atoms with Gasteiger partial charge >= 0.3 is 0 Å². The molecule has 0 aromatic heterocycles. The lowest BCUT2D eigenvalue weighted by molar-refractivity contribution is -0.139. The van der Waals surface area contributed by atoms with Crippen molar-refractivity contribution in [3.8, 4) is 5.75 Å². The van der Waals surface area contributed by atoms with Crippen LogP contribution in [0.15, 0.2) is 29.2 Å². The Hall–Kier alpha value is -1.20. The number of rotatable bonds is 6. The molecule has 0 saturated carbocycles. The van der Waals surface area contributed by atoms with Crippen molar-refractivity contribution in [2.75, 3.05) is 32.9 Å². The first-order valence-corrected chi connectivity index (χ1v) is 9.10. The molecule has 122 valence electrons. The van der Waals surface area contributed by atoms with E-state index in [1.807, 2.05) is 49.4 Å². The van der Waals surface area contributed by atoms with Gasteiger partial charge in [0.2, 0.25) is 0 Å². The molecule has 1 atom stereocenters. The molecule has 0 aliphatic carbocycles. The van der Waals surface area contributed by atoms with E-state index in [0.29, 0.717) is 5.92 Å². The summed E-state index contributed by atoms with van der Waals surface area (Å²) in [5.41, 5.74) is 0. The molecular weight excluding hydrogens is 296 g/mol. The summed E-state index contributed by atoms with van der Waals surface area (Å²) in [6.07, 6.45) is 3.75. The first kappa shape index (κ1) is 17.2. The molecule has 22 heavy (non-hydrogen) atoms. The predicted molar refractivity (Wildman–Crippen MR) is 91.5 cm³/mol. The molecular formula is C17H26N2O2S. The third-order valence-corrected chi connectivity index (χ3v) is 4.88. The quantitative estimate of drug-likeness (QED) is 0.818. The van der Waals surface area contributed by atoms with Crippen LogP contribution in [0.5, 0.6) is 5.75 Å². The average molecular weight is 322 g/mol. The Morgan fingerprint density at radius 3 is 2.55 bits per heavy atom. The van der Waals surface area contributed by atoms with Gasteiger partial charge in [-0.2, -0.15) is 0 Å². The van der Waals surface area contributed by atoms with Crippen molar-refractivity contribution in [1.82, 2.24) is 10.2 Å². The maximum Gasteiger partial charge on any atom is 0.263 e. The minimum Gasteiger partial charge on any atom is -0.481 e. The zero-order valence-electron chi connectivity index (χ0n) is 13.7. The van der Waals surface area contributed by atoms with Gasteiger partial charge in [-0.3, -0.25) is 4.79 Å². The maximum absolute atomic E-state index is 12.5. The van der Waals surface area contributed by atoms with Crippen LogP contribution in [-0.2, 0) is 4.79 Å². The molecule has 1 fully saturated rings. The number of thioether (sulfide) groups is 1. The lowest BCUT2D eigenvalue weighted by Crippen LogP contribution is -2.45. The minimum atomic E-state index is -0.430. The van der Waals surface area contributed by atoms with Gasteiger partial charge in [-0.25, -0.2) is 0 Å². The molecule has 5 heteroatoms. The smallest absolute Gasteiger partial charge is 0.263 e. The van der Waals surface area contributed by atoms with Crippen LogP contribution in [0.1, 0.15) is 19.8 Å². The highest BCUT2D eigenvalue weighted by atomic mass is 32.2. The molecule has 1 aromatic rings. The Bertz CT molecular complexity index is 470. The van der Waals surface area contributed by atoms with Gasteiger partial charge in [-0.15, -0.1) is 11.8 Å². The molecule has 1 amide bonds. The average Bonchev–Trinajstić information content (AvgIpc) is 2.56. The zero-order chi connectivity index (χ0) is 15.9. The highest BCUT2D eigenvalue weighted by molar-refractivity contribution is 7.98. The summed E-state index contributed by atoms with van der Waals surface area (Å²) >= 11 is 1.69. The van der Waals surface area contributed by atoms with Gasteiger partial charge in [0, 0.05) is 18.0 Å². The first-order chi connectivity index (χ1) is 10.6. The molecule has 1 unspecified atom stereocenters. The standard InChI is InChI=1S/C17H26N2O2S/c1-13(21-15-4-6-16(22-3)7-5-15)17(20)19-10-8-14(9-11-19)12-18-2/h4-7,13-14,18H,8-12H2,1-3H3. The minimum absolute atomic E-state index is 0.0943. The monoisotopic (exact) mass is 322 g/mol. The Morgan fingerprint density at radius 1 is 1.36 bits per heavy atom. The largest absolute Gasteiger partial charge is 0.481 e. The number of hydrogen-bond donors (Lipinski definition) is 1. The van der Waals surface area contributed by atoms with E-state index >= 15 is 0 Å². The van der Waals surface area contributed by atoms with E-state index in [0.717, 1.165) is 38.2 Å². The summed E-state index contributed by atoms with van der Waals surface area (Å²) in [6, 6.07) is 7.88. The van der Waals surface area contributed by atoms with Crippen molar-refractivity contribution < 1.29 is 9.53 Å². The molecule has 1 aliphatic heterocycles. The summed E-state index contributed by atoms with van der Waals surface area (Å²) in [4.78, 5) is 15.6. The van der Waals surface area contributed by atoms with Gasteiger partial charge in [0.05, 0.1) is 0 Å². The van der Waals surface area contributed by atoms with Crippen molar-refractivity contribution in [3.05, 3.63) is 24.3 Å². The topological polar surface area (TPSA) is 41.6 Å². The van der Waals surface area contributed by atoms with E-state index < -0.39 is 6.10 Å². The van der Waals surface area contributed by atoms with Gasteiger partial charge in [-0.1, -0.05) is 0 Å². The maximum atomic E-state index is 12.5. The second-order valence-electron chi connectivity index (χ2n) is 5.76. The first-order valence-electron chi connectivity index (χ1n) is 7.88. The molecule has 1 heterocycles. The predicted octanol–water partition coefficient (Wildman–Crippen LogP) is 2.63. The molecule has 4 nitrogen and oxygen atoms in total. The Balaban J connectivity index is 1.84. The van der Waals surface area contributed by atoms with Crippen LogP contribution in [0.25, 0.3) is 0 Å². The van der Waals surface area contributed by atoms with E-state index in [1.54, 1.807) is 11.8 Å². The van der Waals surface area contributed by atoms with E-state index in [2.05, 4.69) is 5.32 Å². The fraction of sp³-hybridized carbons (Fsp3) is 0.588. The molecule has 0 spiro atoms. The lowest BCUT2D eigenvalue weighted by Gasteiger charge is -2.33. The van der Waals surface area contributed by atoms with Gasteiger partial charge in [0.25, 0.3) is 5.91 Å². The molecule has 0 radical (unpaired) electrons. The third-order valence-electron chi connectivity index (χ3n) is 4.14. The Kier molecular flexibility index (Phi) is 6.58. The van der Waals surface area contributed by atoms with Gasteiger partial charge < -0.3 is 15.0 Å². The van der Waals surface area contributed by atoms with Crippen molar-refractivity contribution >= 4 is 17.7 Å².